The first-order valence-corrected chi connectivity index (χ1v) is 12.3. The van der Waals surface area contributed by atoms with Crippen LogP contribution in [-0.2, 0) is 4.79 Å². The molecule has 2 fully saturated rings. The quantitative estimate of drug-likeness (QED) is 0.622. The molecular weight excluding hydrogens is 496 g/mol. The van der Waals surface area contributed by atoms with Gasteiger partial charge >= 0.3 is 6.03 Å². The molecule has 12 heteroatoms. The van der Waals surface area contributed by atoms with Crippen LogP contribution in [0.3, 0.4) is 0 Å². The summed E-state index contributed by atoms with van der Waals surface area (Å²) in [5.74, 6) is 0.436. The zero-order chi connectivity index (χ0) is 25.4. The van der Waals surface area contributed by atoms with E-state index in [-0.39, 0.29) is 36.3 Å². The molecule has 1 aliphatic carbocycles. The van der Waals surface area contributed by atoms with Crippen LogP contribution in [0.5, 0.6) is 5.75 Å². The maximum atomic E-state index is 13.0. The number of nitrogens with zero attached hydrogens (tertiary/aromatic N) is 4. The molecule has 2 atom stereocenters. The number of aliphatic hydroxyl groups excluding tert-OH is 1. The number of rotatable bonds is 5. The number of alkyl halides is 2. The Morgan fingerprint density at radius 2 is 1.94 bits per heavy atom. The zero-order valence-corrected chi connectivity index (χ0v) is 20.1. The lowest BCUT2D eigenvalue weighted by atomic mass is 9.90. The summed E-state index contributed by atoms with van der Waals surface area (Å²) in [6, 6.07) is 4.70. The van der Waals surface area contributed by atoms with Crippen molar-refractivity contribution in [1.29, 1.82) is 0 Å². The number of carbonyl (C=O) groups excluding carboxylic acids is 2. The van der Waals surface area contributed by atoms with Gasteiger partial charge in [-0.2, -0.15) is 0 Å². The molecule has 192 valence electrons. The van der Waals surface area contributed by atoms with Crippen molar-refractivity contribution in [3.8, 4) is 5.75 Å². The minimum absolute atomic E-state index is 0.0216. The highest BCUT2D eigenvalue weighted by Gasteiger charge is 2.38. The number of amides is 3. The Hall–Kier alpha value is -3.05. The van der Waals surface area contributed by atoms with Crippen LogP contribution in [0.4, 0.5) is 19.4 Å². The number of urea groups is 1. The van der Waals surface area contributed by atoms with Gasteiger partial charge in [-0.25, -0.2) is 23.5 Å². The van der Waals surface area contributed by atoms with Gasteiger partial charge in [0.25, 0.3) is 12.3 Å². The number of nitrogens with one attached hydrogen (secondary N) is 1. The molecule has 0 spiro atoms. The van der Waals surface area contributed by atoms with E-state index in [0.717, 1.165) is 19.0 Å². The summed E-state index contributed by atoms with van der Waals surface area (Å²) in [7, 11) is 0. The van der Waals surface area contributed by atoms with Crippen LogP contribution >= 0.6 is 11.6 Å². The monoisotopic (exact) mass is 521 g/mol. The third-order valence-electron chi connectivity index (χ3n) is 7.01. The summed E-state index contributed by atoms with van der Waals surface area (Å²) in [5, 5.41) is 14.0. The van der Waals surface area contributed by atoms with E-state index in [9.17, 15) is 23.5 Å². The van der Waals surface area contributed by atoms with E-state index in [1.54, 1.807) is 23.1 Å². The van der Waals surface area contributed by atoms with Gasteiger partial charge in [0, 0.05) is 42.2 Å². The summed E-state index contributed by atoms with van der Waals surface area (Å²) in [5.41, 5.74) is 0.150. The molecule has 3 amide bonds. The molecule has 36 heavy (non-hydrogen) atoms. The number of halogens is 3. The molecule has 0 unspecified atom stereocenters. The minimum Gasteiger partial charge on any atom is -0.480 e. The smallest absolute Gasteiger partial charge is 0.326 e. The van der Waals surface area contributed by atoms with Crippen LogP contribution in [0.15, 0.2) is 30.6 Å². The largest absolute Gasteiger partial charge is 0.480 e. The minimum atomic E-state index is -2.71. The Bertz CT molecular complexity index is 1130. The van der Waals surface area contributed by atoms with Crippen molar-refractivity contribution in [1.82, 2.24) is 20.2 Å². The lowest BCUT2D eigenvalue weighted by molar-refractivity contribution is -0.131. The molecule has 5 rings (SSSR count). The number of ether oxygens (including phenoxy) is 1. The standard InChI is InChI=1S/C24H26ClF2N5O4/c25-13-1-6-19-16(9-13)18(33)10-20(36-19)23(34)30-14-2-4-15(5-3-14)31-7-8-32(24(31)35)21-12-28-17(11-29-21)22(26)27/h1,6,9,11-12,14-15,18,20,22,33H,2-5,7-8,10H2,(H,30,34)/t14-,15-,18-,20-/m1/s1. The van der Waals surface area contributed by atoms with Crippen LogP contribution in [0.25, 0.3) is 0 Å². The number of hydrogen-bond acceptors (Lipinski definition) is 6. The van der Waals surface area contributed by atoms with Gasteiger partial charge < -0.3 is 20.1 Å². The van der Waals surface area contributed by atoms with Crippen LogP contribution < -0.4 is 15.0 Å². The van der Waals surface area contributed by atoms with Crippen molar-refractivity contribution in [2.24, 2.45) is 0 Å². The van der Waals surface area contributed by atoms with Gasteiger partial charge in [-0.1, -0.05) is 11.6 Å². The van der Waals surface area contributed by atoms with Gasteiger partial charge in [0.15, 0.2) is 11.9 Å². The van der Waals surface area contributed by atoms with Crippen LogP contribution in [-0.4, -0.2) is 63.2 Å². The second kappa shape index (κ2) is 10.1. The lowest BCUT2D eigenvalue weighted by Crippen LogP contribution is -2.49. The third kappa shape index (κ3) is 4.94. The predicted octanol–water partition coefficient (Wildman–Crippen LogP) is 3.62. The molecule has 2 N–H and O–H groups in total. The highest BCUT2D eigenvalue weighted by atomic mass is 35.5. The molecule has 2 aromatic rings. The van der Waals surface area contributed by atoms with E-state index in [1.807, 2.05) is 0 Å². The molecule has 1 saturated heterocycles. The topological polar surface area (TPSA) is 108 Å². The molecule has 1 aromatic carbocycles. The van der Waals surface area contributed by atoms with Crippen LogP contribution in [0.2, 0.25) is 5.02 Å². The van der Waals surface area contributed by atoms with E-state index >= 15 is 0 Å². The summed E-state index contributed by atoms with van der Waals surface area (Å²) in [6.07, 6.45) is 0.836. The first kappa shape index (κ1) is 24.6. The summed E-state index contributed by atoms with van der Waals surface area (Å²) in [4.78, 5) is 36.7. The van der Waals surface area contributed by atoms with Gasteiger partial charge in [-0.3, -0.25) is 9.69 Å². The first-order chi connectivity index (χ1) is 17.3. The van der Waals surface area contributed by atoms with E-state index in [2.05, 4.69) is 15.3 Å². The fourth-order valence-corrected chi connectivity index (χ4v) is 5.27. The Morgan fingerprint density at radius 3 is 2.64 bits per heavy atom. The van der Waals surface area contributed by atoms with Crippen molar-refractivity contribution in [2.45, 2.75) is 62.8 Å². The van der Waals surface area contributed by atoms with Gasteiger partial charge in [0.05, 0.1) is 18.5 Å². The molecule has 0 bridgehead atoms. The second-order valence-electron chi connectivity index (χ2n) is 9.28. The van der Waals surface area contributed by atoms with E-state index < -0.39 is 24.3 Å². The number of benzene rings is 1. The number of aromatic nitrogens is 2. The molecule has 2 aliphatic heterocycles. The maximum absolute atomic E-state index is 13.0. The normalized spacial score (nSPS) is 26.1. The predicted molar refractivity (Wildman–Crippen MR) is 126 cm³/mol. The Labute approximate surface area is 211 Å². The van der Waals surface area contributed by atoms with Crippen molar-refractivity contribution in [3.05, 3.63) is 46.9 Å². The molecule has 9 nitrogen and oxygen atoms in total. The van der Waals surface area contributed by atoms with Crippen LogP contribution in [0, 0.1) is 0 Å². The SMILES string of the molecule is O=C(N[C@H]1CC[C@H](N2CCN(c3cnc(C(F)F)cn3)C2=O)CC1)[C@H]1C[C@@H](O)c2cc(Cl)ccc2O1. The highest BCUT2D eigenvalue weighted by Crippen LogP contribution is 2.37. The molecule has 1 aromatic heterocycles. The molecule has 3 aliphatic rings. The molecule has 1 saturated carbocycles. The molecular formula is C24H26ClF2N5O4. The van der Waals surface area contributed by atoms with Crippen molar-refractivity contribution >= 4 is 29.4 Å². The van der Waals surface area contributed by atoms with Gasteiger partial charge in [-0.15, -0.1) is 0 Å². The summed E-state index contributed by atoms with van der Waals surface area (Å²) >= 11 is 5.99. The number of carbonyl (C=O) groups is 2. The fraction of sp³-hybridized carbons (Fsp3) is 0.500. The average molecular weight is 522 g/mol. The first-order valence-electron chi connectivity index (χ1n) is 11.9. The fourth-order valence-electron chi connectivity index (χ4n) is 5.09. The average Bonchev–Trinajstić information content (AvgIpc) is 3.26. The highest BCUT2D eigenvalue weighted by molar-refractivity contribution is 6.30. The lowest BCUT2D eigenvalue weighted by Gasteiger charge is -2.35. The second-order valence-corrected chi connectivity index (χ2v) is 9.72. The van der Waals surface area contributed by atoms with E-state index in [1.165, 1.54) is 11.1 Å². The third-order valence-corrected chi connectivity index (χ3v) is 7.25. The Morgan fingerprint density at radius 1 is 1.17 bits per heavy atom. The van der Waals surface area contributed by atoms with Gasteiger partial charge in [0.2, 0.25) is 0 Å². The van der Waals surface area contributed by atoms with Crippen molar-refractivity contribution < 1.29 is 28.2 Å². The van der Waals surface area contributed by atoms with Crippen molar-refractivity contribution in [2.75, 3.05) is 18.0 Å². The Kier molecular flexibility index (Phi) is 6.94. The van der Waals surface area contributed by atoms with Crippen LogP contribution in [0.1, 0.15) is 55.9 Å². The van der Waals surface area contributed by atoms with E-state index in [0.29, 0.717) is 42.3 Å². The van der Waals surface area contributed by atoms with Gasteiger partial charge in [0.1, 0.15) is 11.4 Å². The number of aliphatic hydroxyl groups is 1. The summed E-state index contributed by atoms with van der Waals surface area (Å²) < 4.78 is 31.3. The number of hydrogen-bond donors (Lipinski definition) is 2. The van der Waals surface area contributed by atoms with E-state index in [4.69, 9.17) is 16.3 Å². The molecule has 0 radical (unpaired) electrons. The maximum Gasteiger partial charge on any atom is 0.326 e. The van der Waals surface area contributed by atoms with Gasteiger partial charge in [-0.05, 0) is 43.9 Å². The Balaban J connectivity index is 1.13. The number of fused-ring (bicyclic) bond motifs is 1. The molecule has 3 heterocycles. The zero-order valence-electron chi connectivity index (χ0n) is 19.3. The van der Waals surface area contributed by atoms with Crippen molar-refractivity contribution in [3.63, 3.8) is 0 Å². The summed E-state index contributed by atoms with van der Waals surface area (Å²) in [6.45, 7) is 0.919. The number of anilines is 1.